The highest BCUT2D eigenvalue weighted by Crippen LogP contribution is 2.19. The van der Waals surface area contributed by atoms with E-state index in [-0.39, 0.29) is 23.6 Å². The van der Waals surface area contributed by atoms with Crippen LogP contribution in [0.4, 0.5) is 4.39 Å². The second kappa shape index (κ2) is 5.58. The molecule has 2 rings (SSSR count). The molecule has 1 fully saturated rings. The molecule has 98 valence electrons. The maximum atomic E-state index is 13.0. The molecular weight excluding hydrogens is 257 g/mol. The van der Waals surface area contributed by atoms with E-state index in [4.69, 9.17) is 0 Å². The molecular formula is C12H14FNO3S. The first-order chi connectivity index (χ1) is 8.56. The summed E-state index contributed by atoms with van der Waals surface area (Å²) in [4.78, 5) is 13.8. The van der Waals surface area contributed by atoms with Crippen molar-refractivity contribution >= 4 is 16.6 Å². The number of halogens is 1. The third kappa shape index (κ3) is 3.14. The van der Waals surface area contributed by atoms with Gasteiger partial charge in [-0.1, -0.05) is 0 Å². The Kier molecular flexibility index (Phi) is 4.08. The Hall–Kier alpha value is -1.27. The van der Waals surface area contributed by atoms with E-state index >= 15 is 0 Å². The molecule has 1 N–H and O–H groups in total. The van der Waals surface area contributed by atoms with E-state index < -0.39 is 16.6 Å². The Morgan fingerprint density at radius 3 is 2.72 bits per heavy atom. The Morgan fingerprint density at radius 1 is 1.39 bits per heavy atom. The van der Waals surface area contributed by atoms with Gasteiger partial charge in [-0.15, -0.1) is 0 Å². The molecule has 1 aromatic carbocycles. The minimum Gasteiger partial charge on any atom is -0.507 e. The smallest absolute Gasteiger partial charge is 0.180 e. The first-order valence-electron chi connectivity index (χ1n) is 5.65. The zero-order chi connectivity index (χ0) is 13.1. The number of rotatable bonds is 3. The van der Waals surface area contributed by atoms with Gasteiger partial charge in [0.1, 0.15) is 11.6 Å². The third-order valence-electron chi connectivity index (χ3n) is 2.90. The fourth-order valence-corrected chi connectivity index (χ4v) is 2.98. The minimum atomic E-state index is -0.791. The molecule has 0 spiro atoms. The first-order valence-corrected chi connectivity index (χ1v) is 7.14. The quantitative estimate of drug-likeness (QED) is 0.825. The van der Waals surface area contributed by atoms with Gasteiger partial charge in [0.15, 0.2) is 5.78 Å². The second-order valence-electron chi connectivity index (χ2n) is 4.21. The number of carbonyl (C=O) groups is 1. The summed E-state index contributed by atoms with van der Waals surface area (Å²) in [5.74, 6) is 0.0442. The molecule has 0 aliphatic carbocycles. The molecule has 0 atom stereocenters. The van der Waals surface area contributed by atoms with Crippen LogP contribution in [0.5, 0.6) is 5.75 Å². The van der Waals surface area contributed by atoms with Crippen molar-refractivity contribution in [1.29, 1.82) is 0 Å². The SMILES string of the molecule is O=C(CN1CCS(=O)CC1)c1cc(F)ccc1O. The molecule has 0 aromatic heterocycles. The number of ketones is 1. The molecule has 6 heteroatoms. The third-order valence-corrected chi connectivity index (χ3v) is 4.17. The van der Waals surface area contributed by atoms with Crippen LogP contribution in [-0.2, 0) is 10.8 Å². The highest BCUT2D eigenvalue weighted by molar-refractivity contribution is 7.85. The molecule has 0 unspecified atom stereocenters. The molecule has 0 amide bonds. The first kappa shape index (κ1) is 13.2. The lowest BCUT2D eigenvalue weighted by Crippen LogP contribution is -2.40. The maximum Gasteiger partial charge on any atom is 0.180 e. The van der Waals surface area contributed by atoms with Crippen LogP contribution in [-0.4, -0.2) is 51.1 Å². The molecule has 1 heterocycles. The van der Waals surface area contributed by atoms with E-state index in [0.717, 1.165) is 12.1 Å². The van der Waals surface area contributed by atoms with Gasteiger partial charge in [0.05, 0.1) is 12.1 Å². The van der Waals surface area contributed by atoms with Crippen molar-refractivity contribution in [2.24, 2.45) is 0 Å². The van der Waals surface area contributed by atoms with Gasteiger partial charge >= 0.3 is 0 Å². The van der Waals surface area contributed by atoms with Gasteiger partial charge in [-0.3, -0.25) is 13.9 Å². The van der Waals surface area contributed by atoms with Crippen molar-refractivity contribution in [1.82, 2.24) is 4.90 Å². The van der Waals surface area contributed by atoms with Crippen LogP contribution in [0.15, 0.2) is 18.2 Å². The van der Waals surface area contributed by atoms with Gasteiger partial charge in [-0.2, -0.15) is 0 Å². The Morgan fingerprint density at radius 2 is 2.06 bits per heavy atom. The van der Waals surface area contributed by atoms with Crippen LogP contribution in [0.3, 0.4) is 0 Å². The number of Topliss-reactive ketones (excluding diaryl/α,β-unsaturated/α-hetero) is 1. The largest absolute Gasteiger partial charge is 0.507 e. The number of nitrogens with zero attached hydrogens (tertiary/aromatic N) is 1. The van der Waals surface area contributed by atoms with Crippen LogP contribution in [0.2, 0.25) is 0 Å². The second-order valence-corrected chi connectivity index (χ2v) is 5.91. The fourth-order valence-electron chi connectivity index (χ4n) is 1.85. The van der Waals surface area contributed by atoms with Gasteiger partial charge in [-0.25, -0.2) is 4.39 Å². The van der Waals surface area contributed by atoms with Crippen LogP contribution in [0.1, 0.15) is 10.4 Å². The lowest BCUT2D eigenvalue weighted by atomic mass is 10.1. The van der Waals surface area contributed by atoms with Crippen molar-refractivity contribution in [2.45, 2.75) is 0 Å². The number of carbonyl (C=O) groups excluding carboxylic acids is 1. The topological polar surface area (TPSA) is 57.6 Å². The summed E-state index contributed by atoms with van der Waals surface area (Å²) in [6, 6.07) is 3.32. The predicted molar refractivity (Wildman–Crippen MR) is 66.7 cm³/mol. The summed E-state index contributed by atoms with van der Waals surface area (Å²) in [7, 11) is -0.791. The number of benzene rings is 1. The standard InChI is InChI=1S/C12H14FNO3S/c13-9-1-2-11(15)10(7-9)12(16)8-14-3-5-18(17)6-4-14/h1-2,7,15H,3-6,8H2. The molecule has 1 aromatic rings. The van der Waals surface area contributed by atoms with Gasteiger partial charge in [0.25, 0.3) is 0 Å². The Labute approximate surface area is 107 Å². The number of phenolic OH excluding ortho intramolecular Hbond substituents is 1. The summed E-state index contributed by atoms with van der Waals surface area (Å²) in [6.07, 6.45) is 0. The Balaban J connectivity index is 2.03. The van der Waals surface area contributed by atoms with Crippen LogP contribution in [0.25, 0.3) is 0 Å². The lowest BCUT2D eigenvalue weighted by molar-refractivity contribution is 0.0933. The summed E-state index contributed by atoms with van der Waals surface area (Å²) >= 11 is 0. The van der Waals surface area contributed by atoms with Crippen molar-refractivity contribution in [3.63, 3.8) is 0 Å². The normalized spacial score (nSPS) is 17.8. The van der Waals surface area contributed by atoms with Crippen molar-refractivity contribution in [2.75, 3.05) is 31.1 Å². The number of aromatic hydroxyl groups is 1. The van der Waals surface area contributed by atoms with E-state index in [1.807, 2.05) is 4.90 Å². The van der Waals surface area contributed by atoms with Crippen molar-refractivity contribution in [3.05, 3.63) is 29.6 Å². The monoisotopic (exact) mass is 271 g/mol. The van der Waals surface area contributed by atoms with Gasteiger partial charge in [-0.05, 0) is 18.2 Å². The molecule has 0 radical (unpaired) electrons. The molecule has 1 aliphatic heterocycles. The van der Waals surface area contributed by atoms with E-state index in [2.05, 4.69) is 0 Å². The van der Waals surface area contributed by atoms with Crippen LogP contribution >= 0.6 is 0 Å². The van der Waals surface area contributed by atoms with E-state index in [9.17, 15) is 18.5 Å². The van der Waals surface area contributed by atoms with Crippen molar-refractivity contribution < 1.29 is 18.5 Å². The number of hydrogen-bond donors (Lipinski definition) is 1. The summed E-state index contributed by atoms with van der Waals surface area (Å²) in [6.45, 7) is 1.30. The molecule has 1 aliphatic rings. The van der Waals surface area contributed by atoms with Crippen molar-refractivity contribution in [3.8, 4) is 5.75 Å². The fraction of sp³-hybridized carbons (Fsp3) is 0.417. The van der Waals surface area contributed by atoms with Gasteiger partial charge in [0, 0.05) is 35.4 Å². The lowest BCUT2D eigenvalue weighted by Gasteiger charge is -2.25. The zero-order valence-electron chi connectivity index (χ0n) is 9.76. The zero-order valence-corrected chi connectivity index (χ0v) is 10.6. The van der Waals surface area contributed by atoms with E-state index in [1.54, 1.807) is 0 Å². The molecule has 0 bridgehead atoms. The highest BCUT2D eigenvalue weighted by Gasteiger charge is 2.20. The van der Waals surface area contributed by atoms with Gasteiger partial charge in [0.2, 0.25) is 0 Å². The minimum absolute atomic E-state index is 0.00157. The maximum absolute atomic E-state index is 13.0. The summed E-state index contributed by atoms with van der Waals surface area (Å²) in [5, 5.41) is 9.52. The Bertz CT molecular complexity index is 482. The van der Waals surface area contributed by atoms with E-state index in [0.29, 0.717) is 24.6 Å². The molecule has 0 saturated carbocycles. The van der Waals surface area contributed by atoms with Gasteiger partial charge < -0.3 is 5.11 Å². The molecule has 4 nitrogen and oxygen atoms in total. The average Bonchev–Trinajstić information content (AvgIpc) is 2.35. The highest BCUT2D eigenvalue weighted by atomic mass is 32.2. The van der Waals surface area contributed by atoms with E-state index in [1.165, 1.54) is 6.07 Å². The molecule has 18 heavy (non-hydrogen) atoms. The summed E-state index contributed by atoms with van der Waals surface area (Å²) < 4.78 is 24.2. The predicted octanol–water partition coefficient (Wildman–Crippen LogP) is 0.778. The average molecular weight is 271 g/mol. The molecule has 1 saturated heterocycles. The number of phenols is 1. The van der Waals surface area contributed by atoms with Crippen LogP contribution in [0, 0.1) is 5.82 Å². The van der Waals surface area contributed by atoms with Crippen LogP contribution < -0.4 is 0 Å². The number of hydrogen-bond acceptors (Lipinski definition) is 4. The summed E-state index contributed by atoms with van der Waals surface area (Å²) in [5.41, 5.74) is 0.00157.